The zero-order chi connectivity index (χ0) is 22.0. The van der Waals surface area contributed by atoms with E-state index in [1.165, 1.54) is 0 Å². The fraction of sp³-hybridized carbons (Fsp3) is 0.560. The Kier molecular flexibility index (Phi) is 6.17. The Hall–Kier alpha value is -2.63. The van der Waals surface area contributed by atoms with E-state index in [0.29, 0.717) is 26.1 Å². The van der Waals surface area contributed by atoms with Crippen molar-refractivity contribution < 1.29 is 9.59 Å². The van der Waals surface area contributed by atoms with Gasteiger partial charge in [-0.05, 0) is 36.7 Å². The van der Waals surface area contributed by atoms with Crippen LogP contribution in [0.15, 0.2) is 30.3 Å². The van der Waals surface area contributed by atoms with Gasteiger partial charge in [0.1, 0.15) is 0 Å². The molecular weight excluding hydrogens is 388 g/mol. The van der Waals surface area contributed by atoms with Crippen molar-refractivity contribution in [1.82, 2.24) is 20.0 Å². The van der Waals surface area contributed by atoms with Crippen LogP contribution in [0.5, 0.6) is 0 Å². The van der Waals surface area contributed by atoms with Gasteiger partial charge >= 0.3 is 6.03 Å². The van der Waals surface area contributed by atoms with Gasteiger partial charge in [-0.25, -0.2) is 4.79 Å². The van der Waals surface area contributed by atoms with Crippen LogP contribution in [0, 0.1) is 5.41 Å². The number of rotatable bonds is 6. The second-order valence-corrected chi connectivity index (χ2v) is 9.73. The molecule has 1 atom stereocenters. The molecule has 6 heteroatoms. The predicted molar refractivity (Wildman–Crippen MR) is 121 cm³/mol. The van der Waals surface area contributed by atoms with Gasteiger partial charge in [-0.15, -0.1) is 0 Å². The third kappa shape index (κ3) is 4.53. The van der Waals surface area contributed by atoms with Gasteiger partial charge in [0.15, 0.2) is 5.78 Å². The molecule has 0 unspecified atom stereocenters. The Labute approximate surface area is 185 Å². The second-order valence-electron chi connectivity index (χ2n) is 9.73. The highest BCUT2D eigenvalue weighted by molar-refractivity contribution is 6.00. The first-order valence-electron chi connectivity index (χ1n) is 11.6. The van der Waals surface area contributed by atoms with E-state index < -0.39 is 0 Å². The molecule has 2 heterocycles. The summed E-state index contributed by atoms with van der Waals surface area (Å²) in [5.41, 5.74) is 3.68. The minimum absolute atomic E-state index is 0.0362. The number of unbranched alkanes of at least 4 members (excludes halogenated alkanes) is 1. The number of benzene rings is 1. The highest BCUT2D eigenvalue weighted by Crippen LogP contribution is 2.41. The molecule has 1 aromatic carbocycles. The van der Waals surface area contributed by atoms with Crippen LogP contribution in [0.3, 0.4) is 0 Å². The highest BCUT2D eigenvalue weighted by atomic mass is 16.2. The molecule has 1 fully saturated rings. The van der Waals surface area contributed by atoms with Gasteiger partial charge in [0.25, 0.3) is 0 Å². The maximum Gasteiger partial charge on any atom is 0.317 e. The predicted octanol–water partition coefficient (Wildman–Crippen LogP) is 4.73. The third-order valence-corrected chi connectivity index (χ3v) is 6.46. The Morgan fingerprint density at radius 3 is 2.74 bits per heavy atom. The van der Waals surface area contributed by atoms with Gasteiger partial charge in [0, 0.05) is 19.5 Å². The van der Waals surface area contributed by atoms with E-state index in [1.807, 2.05) is 27.8 Å². The SMILES string of the molecule is CCCCNC(=O)N1CCC[C@H]1c1nn(Cc2ccccc2)c2c1C(=O)CC(C)(C)C2. The van der Waals surface area contributed by atoms with Crippen LogP contribution in [0.2, 0.25) is 0 Å². The maximum atomic E-state index is 13.3. The molecule has 166 valence electrons. The summed E-state index contributed by atoms with van der Waals surface area (Å²) in [6.45, 7) is 8.45. The smallest absolute Gasteiger partial charge is 0.317 e. The molecule has 0 bridgehead atoms. The number of Topliss-reactive ketones (excluding diaryl/α,β-unsaturated/α-hetero) is 1. The van der Waals surface area contributed by atoms with Gasteiger partial charge in [-0.3, -0.25) is 9.48 Å². The van der Waals surface area contributed by atoms with Crippen LogP contribution in [0.4, 0.5) is 4.79 Å². The minimum atomic E-state index is -0.127. The van der Waals surface area contributed by atoms with Crippen LogP contribution in [-0.4, -0.2) is 39.6 Å². The monoisotopic (exact) mass is 422 g/mol. The van der Waals surface area contributed by atoms with Crippen molar-refractivity contribution in [3.05, 3.63) is 52.8 Å². The largest absolute Gasteiger partial charge is 0.338 e. The Morgan fingerprint density at radius 1 is 1.23 bits per heavy atom. The van der Waals surface area contributed by atoms with Gasteiger partial charge in [-0.2, -0.15) is 5.10 Å². The lowest BCUT2D eigenvalue weighted by Crippen LogP contribution is -2.40. The first kappa shape index (κ1) is 21.6. The average Bonchev–Trinajstić information content (AvgIpc) is 3.33. The zero-order valence-corrected chi connectivity index (χ0v) is 19.0. The van der Waals surface area contributed by atoms with Crippen LogP contribution in [-0.2, 0) is 13.0 Å². The van der Waals surface area contributed by atoms with Crippen molar-refractivity contribution >= 4 is 11.8 Å². The normalized spacial score (nSPS) is 20.0. The van der Waals surface area contributed by atoms with E-state index in [0.717, 1.165) is 54.6 Å². The number of urea groups is 1. The fourth-order valence-electron chi connectivity index (χ4n) is 4.93. The third-order valence-electron chi connectivity index (χ3n) is 6.46. The van der Waals surface area contributed by atoms with Gasteiger partial charge in [0.05, 0.1) is 29.5 Å². The molecule has 1 aliphatic carbocycles. The number of carbonyl (C=O) groups excluding carboxylic acids is 2. The van der Waals surface area contributed by atoms with Gasteiger partial charge in [0.2, 0.25) is 0 Å². The molecule has 4 rings (SSSR count). The summed E-state index contributed by atoms with van der Waals surface area (Å²) in [5, 5.41) is 8.03. The number of likely N-dealkylation sites (tertiary alicyclic amines) is 1. The van der Waals surface area contributed by atoms with E-state index in [9.17, 15) is 9.59 Å². The summed E-state index contributed by atoms with van der Waals surface area (Å²) in [5.74, 6) is 0.166. The lowest BCUT2D eigenvalue weighted by Gasteiger charge is -2.30. The van der Waals surface area contributed by atoms with Crippen molar-refractivity contribution in [1.29, 1.82) is 0 Å². The number of nitrogens with one attached hydrogen (secondary N) is 1. The lowest BCUT2D eigenvalue weighted by atomic mass is 9.75. The van der Waals surface area contributed by atoms with Gasteiger partial charge in [-0.1, -0.05) is 57.5 Å². The number of nitrogens with zero attached hydrogens (tertiary/aromatic N) is 3. The van der Waals surface area contributed by atoms with Crippen molar-refractivity contribution in [2.45, 2.75) is 71.9 Å². The summed E-state index contributed by atoms with van der Waals surface area (Å²) in [4.78, 5) is 28.0. The van der Waals surface area contributed by atoms with Crippen LogP contribution < -0.4 is 5.32 Å². The fourth-order valence-corrected chi connectivity index (χ4v) is 4.93. The summed E-state index contributed by atoms with van der Waals surface area (Å²) < 4.78 is 2.02. The molecule has 2 aromatic rings. The second kappa shape index (κ2) is 8.85. The van der Waals surface area contributed by atoms with E-state index >= 15 is 0 Å². The summed E-state index contributed by atoms with van der Waals surface area (Å²) in [7, 11) is 0. The molecular formula is C25H34N4O2. The lowest BCUT2D eigenvalue weighted by molar-refractivity contribution is 0.0907. The van der Waals surface area contributed by atoms with E-state index in [-0.39, 0.29) is 23.3 Å². The summed E-state index contributed by atoms with van der Waals surface area (Å²) in [6.07, 6.45) is 5.16. The van der Waals surface area contributed by atoms with Crippen LogP contribution in [0.1, 0.15) is 86.2 Å². The van der Waals surface area contributed by atoms with Crippen molar-refractivity contribution in [3.63, 3.8) is 0 Å². The van der Waals surface area contributed by atoms with Crippen molar-refractivity contribution in [3.8, 4) is 0 Å². The zero-order valence-electron chi connectivity index (χ0n) is 19.0. The number of amides is 2. The number of ketones is 1. The van der Waals surface area contributed by atoms with Crippen molar-refractivity contribution in [2.75, 3.05) is 13.1 Å². The molecule has 31 heavy (non-hydrogen) atoms. The van der Waals surface area contributed by atoms with Crippen LogP contribution >= 0.6 is 0 Å². The van der Waals surface area contributed by atoms with E-state index in [4.69, 9.17) is 5.10 Å². The Bertz CT molecular complexity index is 948. The van der Waals surface area contributed by atoms with Gasteiger partial charge < -0.3 is 10.2 Å². The average molecular weight is 423 g/mol. The Balaban J connectivity index is 1.69. The maximum absolute atomic E-state index is 13.3. The number of hydrogen-bond acceptors (Lipinski definition) is 3. The molecule has 2 amide bonds. The van der Waals surface area contributed by atoms with E-state index in [2.05, 4.69) is 38.2 Å². The first-order valence-corrected chi connectivity index (χ1v) is 11.6. The van der Waals surface area contributed by atoms with Crippen molar-refractivity contribution in [2.24, 2.45) is 5.41 Å². The highest BCUT2D eigenvalue weighted by Gasteiger charge is 2.41. The molecule has 1 aromatic heterocycles. The Morgan fingerprint density at radius 2 is 2.00 bits per heavy atom. The number of hydrogen-bond donors (Lipinski definition) is 1. The molecule has 1 N–H and O–H groups in total. The number of fused-ring (bicyclic) bond motifs is 1. The molecule has 2 aliphatic rings. The molecule has 6 nitrogen and oxygen atoms in total. The molecule has 0 radical (unpaired) electrons. The molecule has 0 spiro atoms. The number of aromatic nitrogens is 2. The number of carbonyl (C=O) groups is 2. The minimum Gasteiger partial charge on any atom is -0.338 e. The quantitative estimate of drug-likeness (QED) is 0.684. The van der Waals surface area contributed by atoms with E-state index in [1.54, 1.807) is 0 Å². The standard InChI is InChI=1S/C25H34N4O2/c1-4-5-13-26-24(31)28-14-9-12-19(28)23-22-20(15-25(2,3)16-21(22)30)29(27-23)17-18-10-7-6-8-11-18/h6-8,10-11,19H,4-5,9,12-17H2,1-3H3,(H,26,31)/t19-/m0/s1. The topological polar surface area (TPSA) is 67.2 Å². The molecule has 0 saturated carbocycles. The summed E-state index contributed by atoms with van der Waals surface area (Å²) >= 11 is 0. The first-order chi connectivity index (χ1) is 14.9. The summed E-state index contributed by atoms with van der Waals surface area (Å²) in [6, 6.07) is 10.1. The van der Waals surface area contributed by atoms with Crippen LogP contribution in [0.25, 0.3) is 0 Å². The molecule has 1 saturated heterocycles. The molecule has 1 aliphatic heterocycles.